The largest absolute Gasteiger partial charge is 0.466 e. The van der Waals surface area contributed by atoms with Gasteiger partial charge in [0.2, 0.25) is 0 Å². The molecule has 1 aliphatic heterocycles. The minimum Gasteiger partial charge on any atom is -0.466 e. The van der Waals surface area contributed by atoms with Gasteiger partial charge in [0.1, 0.15) is 0 Å². The predicted octanol–water partition coefficient (Wildman–Crippen LogP) is 2.85. The molecule has 20 heavy (non-hydrogen) atoms. The van der Waals surface area contributed by atoms with E-state index in [-0.39, 0.29) is 17.3 Å². The molecule has 0 bridgehead atoms. The fourth-order valence-electron chi connectivity index (χ4n) is 2.96. The van der Waals surface area contributed by atoms with Gasteiger partial charge in [-0.1, -0.05) is 45.0 Å². The molecule has 2 atom stereocenters. The lowest BCUT2D eigenvalue weighted by Gasteiger charge is -2.30. The topological polar surface area (TPSA) is 38.3 Å². The average molecular weight is 275 g/mol. The smallest absolute Gasteiger partial charge is 0.311 e. The molecule has 2 rings (SSSR count). The summed E-state index contributed by atoms with van der Waals surface area (Å²) >= 11 is 0. The second-order valence-corrected chi connectivity index (χ2v) is 6.13. The van der Waals surface area contributed by atoms with E-state index in [0.29, 0.717) is 19.1 Å². The molecule has 0 aromatic heterocycles. The lowest BCUT2D eigenvalue weighted by atomic mass is 9.74. The Morgan fingerprint density at radius 1 is 1.40 bits per heavy atom. The molecule has 110 valence electrons. The lowest BCUT2D eigenvalue weighted by molar-refractivity contribution is -0.149. The Balaban J connectivity index is 2.26. The van der Waals surface area contributed by atoms with Crippen molar-refractivity contribution < 1.29 is 9.53 Å². The summed E-state index contributed by atoms with van der Waals surface area (Å²) in [7, 11) is 0. The van der Waals surface area contributed by atoms with Crippen molar-refractivity contribution in [2.45, 2.75) is 39.0 Å². The maximum Gasteiger partial charge on any atom is 0.311 e. The first-order valence-corrected chi connectivity index (χ1v) is 7.47. The van der Waals surface area contributed by atoms with Crippen LogP contribution in [0.3, 0.4) is 0 Å². The van der Waals surface area contributed by atoms with Gasteiger partial charge in [0, 0.05) is 18.5 Å². The molecule has 0 aliphatic carbocycles. The Hall–Kier alpha value is -1.35. The molecule has 1 fully saturated rings. The van der Waals surface area contributed by atoms with Crippen LogP contribution in [0, 0.1) is 5.92 Å². The molecule has 1 saturated heterocycles. The van der Waals surface area contributed by atoms with Crippen LogP contribution in [0.2, 0.25) is 0 Å². The Morgan fingerprint density at radius 2 is 2.05 bits per heavy atom. The third kappa shape index (κ3) is 2.73. The van der Waals surface area contributed by atoms with Crippen LogP contribution < -0.4 is 5.32 Å². The molecule has 3 nitrogen and oxygen atoms in total. The molecule has 0 radical (unpaired) electrons. The number of rotatable bonds is 4. The number of esters is 1. The van der Waals surface area contributed by atoms with E-state index in [1.54, 1.807) is 0 Å². The van der Waals surface area contributed by atoms with E-state index in [0.717, 1.165) is 6.54 Å². The number of carbonyl (C=O) groups excluding carboxylic acids is 1. The Labute approximate surface area is 121 Å². The summed E-state index contributed by atoms with van der Waals surface area (Å²) in [6.45, 7) is 10.3. The maximum atomic E-state index is 12.1. The first kappa shape index (κ1) is 15.0. The second kappa shape index (κ2) is 5.96. The van der Waals surface area contributed by atoms with E-state index in [1.165, 1.54) is 11.1 Å². The Kier molecular flexibility index (Phi) is 4.48. The van der Waals surface area contributed by atoms with E-state index in [2.05, 4.69) is 50.4 Å². The van der Waals surface area contributed by atoms with Gasteiger partial charge in [-0.2, -0.15) is 0 Å². The quantitative estimate of drug-likeness (QED) is 0.859. The van der Waals surface area contributed by atoms with E-state index >= 15 is 0 Å². The highest BCUT2D eigenvalue weighted by Crippen LogP contribution is 2.36. The van der Waals surface area contributed by atoms with Gasteiger partial charge in [-0.25, -0.2) is 0 Å². The average Bonchev–Trinajstić information content (AvgIpc) is 2.82. The highest BCUT2D eigenvalue weighted by Gasteiger charge is 2.45. The van der Waals surface area contributed by atoms with Crippen LogP contribution >= 0.6 is 0 Å². The predicted molar refractivity (Wildman–Crippen MR) is 80.9 cm³/mol. The van der Waals surface area contributed by atoms with Gasteiger partial charge in [-0.3, -0.25) is 4.79 Å². The number of hydrogen-bond acceptors (Lipinski definition) is 3. The van der Waals surface area contributed by atoms with Crippen molar-refractivity contribution in [3.63, 3.8) is 0 Å². The third-order valence-corrected chi connectivity index (χ3v) is 4.42. The van der Waals surface area contributed by atoms with Crippen molar-refractivity contribution in [2.24, 2.45) is 5.92 Å². The first-order chi connectivity index (χ1) is 9.49. The molecular formula is C17H25NO2. The van der Waals surface area contributed by atoms with Crippen molar-refractivity contribution in [2.75, 3.05) is 19.7 Å². The summed E-state index contributed by atoms with van der Waals surface area (Å²) in [4.78, 5) is 12.1. The summed E-state index contributed by atoms with van der Waals surface area (Å²) in [6, 6.07) is 8.67. The first-order valence-electron chi connectivity index (χ1n) is 7.47. The van der Waals surface area contributed by atoms with Gasteiger partial charge in [-0.05, 0) is 24.0 Å². The van der Waals surface area contributed by atoms with Crippen molar-refractivity contribution in [3.8, 4) is 0 Å². The van der Waals surface area contributed by atoms with E-state index < -0.39 is 0 Å². The van der Waals surface area contributed by atoms with Gasteiger partial charge in [0.15, 0.2) is 0 Å². The molecule has 1 heterocycles. The molecule has 1 N–H and O–H groups in total. The van der Waals surface area contributed by atoms with Gasteiger partial charge in [0.05, 0.1) is 12.5 Å². The maximum absolute atomic E-state index is 12.1. The summed E-state index contributed by atoms with van der Waals surface area (Å²) in [5.41, 5.74) is 2.36. The van der Waals surface area contributed by atoms with Crippen LogP contribution in [0.5, 0.6) is 0 Å². The van der Waals surface area contributed by atoms with Crippen LogP contribution in [0.1, 0.15) is 44.7 Å². The normalized spacial score (nSPS) is 25.9. The summed E-state index contributed by atoms with van der Waals surface area (Å²) in [6.07, 6.45) is 0. The molecular weight excluding hydrogens is 250 g/mol. The minimum absolute atomic E-state index is 0.0899. The van der Waals surface area contributed by atoms with E-state index in [1.807, 2.05) is 6.92 Å². The van der Waals surface area contributed by atoms with Gasteiger partial charge in [0.25, 0.3) is 0 Å². The van der Waals surface area contributed by atoms with Crippen LogP contribution in [0.4, 0.5) is 0 Å². The molecule has 1 aromatic carbocycles. The van der Waals surface area contributed by atoms with Crippen molar-refractivity contribution in [1.29, 1.82) is 0 Å². The number of ether oxygens (including phenoxy) is 1. The standard InChI is InChI=1S/C17H25NO2/c1-5-20-16(19)15-10-18-11-17(15,4)14-8-6-13(7-9-14)12(2)3/h6-9,12,15,18H,5,10-11H2,1-4H3. The fourth-order valence-corrected chi connectivity index (χ4v) is 2.96. The molecule has 0 saturated carbocycles. The van der Waals surface area contributed by atoms with Crippen molar-refractivity contribution in [1.82, 2.24) is 5.32 Å². The Bertz CT molecular complexity index is 466. The van der Waals surface area contributed by atoms with E-state index in [9.17, 15) is 4.79 Å². The molecule has 1 aromatic rings. The molecule has 2 unspecified atom stereocenters. The SMILES string of the molecule is CCOC(=O)C1CNCC1(C)c1ccc(C(C)C)cc1. The summed E-state index contributed by atoms with van der Waals surface area (Å²) in [5.74, 6) is 0.333. The highest BCUT2D eigenvalue weighted by molar-refractivity contribution is 5.75. The monoisotopic (exact) mass is 275 g/mol. The van der Waals surface area contributed by atoms with Gasteiger partial charge in [-0.15, -0.1) is 0 Å². The number of nitrogens with one attached hydrogen (secondary N) is 1. The molecule has 1 aliphatic rings. The van der Waals surface area contributed by atoms with Gasteiger partial charge >= 0.3 is 5.97 Å². The van der Waals surface area contributed by atoms with Crippen LogP contribution in [0.15, 0.2) is 24.3 Å². The molecule has 3 heteroatoms. The third-order valence-electron chi connectivity index (χ3n) is 4.42. The summed E-state index contributed by atoms with van der Waals surface area (Å²) < 4.78 is 5.23. The van der Waals surface area contributed by atoms with Crippen molar-refractivity contribution in [3.05, 3.63) is 35.4 Å². The highest BCUT2D eigenvalue weighted by atomic mass is 16.5. The second-order valence-electron chi connectivity index (χ2n) is 6.13. The zero-order valence-corrected chi connectivity index (χ0v) is 12.9. The van der Waals surface area contributed by atoms with Crippen LogP contribution in [-0.2, 0) is 14.9 Å². The lowest BCUT2D eigenvalue weighted by Crippen LogP contribution is -2.37. The zero-order valence-electron chi connectivity index (χ0n) is 12.9. The fraction of sp³-hybridized carbons (Fsp3) is 0.588. The Morgan fingerprint density at radius 3 is 2.60 bits per heavy atom. The number of benzene rings is 1. The number of hydrogen-bond donors (Lipinski definition) is 1. The molecule has 0 spiro atoms. The van der Waals surface area contributed by atoms with Crippen molar-refractivity contribution >= 4 is 5.97 Å². The van der Waals surface area contributed by atoms with Crippen LogP contribution in [0.25, 0.3) is 0 Å². The van der Waals surface area contributed by atoms with E-state index in [4.69, 9.17) is 4.74 Å². The van der Waals surface area contributed by atoms with Gasteiger partial charge < -0.3 is 10.1 Å². The summed E-state index contributed by atoms with van der Waals surface area (Å²) in [5, 5.41) is 3.34. The number of carbonyl (C=O) groups is 1. The minimum atomic E-state index is -0.179. The van der Waals surface area contributed by atoms with Crippen LogP contribution in [-0.4, -0.2) is 25.7 Å². The zero-order chi connectivity index (χ0) is 14.8. The molecule has 0 amide bonds.